The van der Waals surface area contributed by atoms with Crippen molar-refractivity contribution in [1.82, 2.24) is 0 Å². The molecule has 82 valence electrons. The van der Waals surface area contributed by atoms with Gasteiger partial charge in [0, 0.05) is 5.88 Å². The van der Waals surface area contributed by atoms with Crippen LogP contribution >= 0.6 is 11.6 Å². The Bertz CT molecular complexity index is 534. The third-order valence-corrected chi connectivity index (χ3v) is 2.79. The first kappa shape index (κ1) is 11.0. The maximum atomic E-state index is 11.4. The van der Waals surface area contributed by atoms with E-state index in [0.717, 1.165) is 16.3 Å². The normalized spacial score (nSPS) is 10.4. The number of rotatable bonds is 2. The first-order valence-electron chi connectivity index (χ1n) is 4.91. The molecule has 0 aliphatic rings. The number of hydrogen-bond acceptors (Lipinski definition) is 2. The second-order valence-corrected chi connectivity index (χ2v) is 3.79. The van der Waals surface area contributed by atoms with Crippen LogP contribution in [0, 0.1) is 0 Å². The third kappa shape index (κ3) is 2.02. The Hall–Kier alpha value is -1.54. The first-order chi connectivity index (χ1) is 7.74. The summed E-state index contributed by atoms with van der Waals surface area (Å²) in [6, 6.07) is 11.4. The molecule has 16 heavy (non-hydrogen) atoms. The SMILES string of the molecule is COC(=O)c1ccc2ccc(CCl)cc2c1. The van der Waals surface area contributed by atoms with Crippen LogP contribution in [-0.4, -0.2) is 13.1 Å². The largest absolute Gasteiger partial charge is 0.465 e. The van der Waals surface area contributed by atoms with Gasteiger partial charge in [0.1, 0.15) is 0 Å². The number of alkyl halides is 1. The molecule has 0 heterocycles. The quantitative estimate of drug-likeness (QED) is 0.588. The van der Waals surface area contributed by atoms with E-state index in [0.29, 0.717) is 11.4 Å². The van der Waals surface area contributed by atoms with Gasteiger partial charge in [-0.05, 0) is 34.5 Å². The monoisotopic (exact) mass is 234 g/mol. The average Bonchev–Trinajstić information content (AvgIpc) is 2.36. The number of carbonyl (C=O) groups excluding carboxylic acids is 1. The topological polar surface area (TPSA) is 26.3 Å². The van der Waals surface area contributed by atoms with Crippen molar-refractivity contribution in [3.8, 4) is 0 Å². The van der Waals surface area contributed by atoms with E-state index in [1.165, 1.54) is 7.11 Å². The number of esters is 1. The van der Waals surface area contributed by atoms with E-state index < -0.39 is 0 Å². The predicted octanol–water partition coefficient (Wildman–Crippen LogP) is 3.37. The van der Waals surface area contributed by atoms with Gasteiger partial charge in [-0.1, -0.05) is 18.2 Å². The van der Waals surface area contributed by atoms with Gasteiger partial charge in [-0.3, -0.25) is 0 Å². The molecular weight excluding hydrogens is 224 g/mol. The van der Waals surface area contributed by atoms with Crippen molar-refractivity contribution >= 4 is 28.3 Å². The molecule has 0 unspecified atom stereocenters. The van der Waals surface area contributed by atoms with Gasteiger partial charge in [0.05, 0.1) is 12.7 Å². The first-order valence-corrected chi connectivity index (χ1v) is 5.45. The van der Waals surface area contributed by atoms with Gasteiger partial charge in [0.25, 0.3) is 0 Å². The second kappa shape index (κ2) is 4.54. The smallest absolute Gasteiger partial charge is 0.337 e. The summed E-state index contributed by atoms with van der Waals surface area (Å²) < 4.78 is 4.68. The van der Waals surface area contributed by atoms with Crippen LogP contribution in [-0.2, 0) is 10.6 Å². The molecule has 0 atom stereocenters. The highest BCUT2D eigenvalue weighted by molar-refractivity contribution is 6.17. The number of carbonyl (C=O) groups is 1. The third-order valence-electron chi connectivity index (χ3n) is 2.48. The Morgan fingerprint density at radius 3 is 2.62 bits per heavy atom. The average molecular weight is 235 g/mol. The molecule has 0 spiro atoms. The maximum absolute atomic E-state index is 11.4. The van der Waals surface area contributed by atoms with Crippen LogP contribution in [0.1, 0.15) is 15.9 Å². The fraction of sp³-hybridized carbons (Fsp3) is 0.154. The fourth-order valence-electron chi connectivity index (χ4n) is 1.62. The molecular formula is C13H11ClO2. The molecule has 0 saturated carbocycles. The molecule has 0 radical (unpaired) electrons. The zero-order valence-corrected chi connectivity index (χ0v) is 9.62. The molecule has 3 heteroatoms. The Morgan fingerprint density at radius 2 is 1.94 bits per heavy atom. The van der Waals surface area contributed by atoms with E-state index in [1.807, 2.05) is 30.3 Å². The van der Waals surface area contributed by atoms with Crippen molar-refractivity contribution in [3.05, 3.63) is 47.5 Å². The Balaban J connectivity index is 2.54. The lowest BCUT2D eigenvalue weighted by atomic mass is 10.0. The number of benzene rings is 2. The van der Waals surface area contributed by atoms with Crippen LogP contribution in [0.2, 0.25) is 0 Å². The fourth-order valence-corrected chi connectivity index (χ4v) is 1.79. The summed E-state index contributed by atoms with van der Waals surface area (Å²) in [5.74, 6) is 0.149. The van der Waals surface area contributed by atoms with E-state index in [9.17, 15) is 4.79 Å². The van der Waals surface area contributed by atoms with Crippen molar-refractivity contribution in [2.45, 2.75) is 5.88 Å². The summed E-state index contributed by atoms with van der Waals surface area (Å²) in [4.78, 5) is 11.4. The second-order valence-electron chi connectivity index (χ2n) is 3.52. The van der Waals surface area contributed by atoms with Crippen LogP contribution in [0.5, 0.6) is 0 Å². The van der Waals surface area contributed by atoms with Crippen molar-refractivity contribution in [1.29, 1.82) is 0 Å². The minimum Gasteiger partial charge on any atom is -0.465 e. The van der Waals surface area contributed by atoms with Gasteiger partial charge in [0.2, 0.25) is 0 Å². The number of halogens is 1. The molecule has 2 rings (SSSR count). The molecule has 2 aromatic rings. The zero-order chi connectivity index (χ0) is 11.5. The van der Waals surface area contributed by atoms with Crippen LogP contribution in [0.15, 0.2) is 36.4 Å². The number of hydrogen-bond donors (Lipinski definition) is 0. The standard InChI is InChI=1S/C13H11ClO2/c1-16-13(15)11-5-4-10-3-2-9(8-14)6-12(10)7-11/h2-7H,8H2,1H3. The van der Waals surface area contributed by atoms with E-state index >= 15 is 0 Å². The van der Waals surface area contributed by atoms with Crippen molar-refractivity contribution in [2.75, 3.05) is 7.11 Å². The molecule has 0 aliphatic carbocycles. The lowest BCUT2D eigenvalue weighted by Gasteiger charge is -2.03. The van der Waals surface area contributed by atoms with Crippen LogP contribution in [0.25, 0.3) is 10.8 Å². The molecule has 2 nitrogen and oxygen atoms in total. The molecule has 0 aliphatic heterocycles. The highest BCUT2D eigenvalue weighted by Crippen LogP contribution is 2.19. The molecule has 0 aromatic heterocycles. The summed E-state index contributed by atoms with van der Waals surface area (Å²) in [5.41, 5.74) is 1.60. The van der Waals surface area contributed by atoms with Crippen molar-refractivity contribution in [2.24, 2.45) is 0 Å². The van der Waals surface area contributed by atoms with Gasteiger partial charge in [0.15, 0.2) is 0 Å². The highest BCUT2D eigenvalue weighted by Gasteiger charge is 2.05. The predicted molar refractivity (Wildman–Crippen MR) is 64.8 cm³/mol. The maximum Gasteiger partial charge on any atom is 0.337 e. The van der Waals surface area contributed by atoms with E-state index in [2.05, 4.69) is 4.74 Å². The molecule has 0 N–H and O–H groups in total. The van der Waals surface area contributed by atoms with Gasteiger partial charge >= 0.3 is 5.97 Å². The minimum atomic E-state index is -0.321. The van der Waals surface area contributed by atoms with Gasteiger partial charge in [-0.2, -0.15) is 0 Å². The number of ether oxygens (including phenoxy) is 1. The molecule has 2 aromatic carbocycles. The van der Waals surface area contributed by atoms with E-state index in [-0.39, 0.29) is 5.97 Å². The molecule has 0 amide bonds. The summed E-state index contributed by atoms with van der Waals surface area (Å²) in [5, 5.41) is 2.09. The summed E-state index contributed by atoms with van der Waals surface area (Å²) in [6.07, 6.45) is 0. The molecule has 0 saturated heterocycles. The van der Waals surface area contributed by atoms with Crippen LogP contribution < -0.4 is 0 Å². The van der Waals surface area contributed by atoms with E-state index in [4.69, 9.17) is 11.6 Å². The van der Waals surface area contributed by atoms with E-state index in [1.54, 1.807) is 6.07 Å². The number of fused-ring (bicyclic) bond motifs is 1. The lowest BCUT2D eigenvalue weighted by molar-refractivity contribution is 0.0601. The summed E-state index contributed by atoms with van der Waals surface area (Å²) in [7, 11) is 1.38. The Morgan fingerprint density at radius 1 is 1.19 bits per heavy atom. The lowest BCUT2D eigenvalue weighted by Crippen LogP contribution is -2.00. The van der Waals surface area contributed by atoms with Crippen molar-refractivity contribution < 1.29 is 9.53 Å². The van der Waals surface area contributed by atoms with Crippen LogP contribution in [0.3, 0.4) is 0 Å². The summed E-state index contributed by atoms with van der Waals surface area (Å²) >= 11 is 5.77. The van der Waals surface area contributed by atoms with Crippen molar-refractivity contribution in [3.63, 3.8) is 0 Å². The van der Waals surface area contributed by atoms with Gasteiger partial charge in [-0.25, -0.2) is 4.79 Å². The Labute approximate surface area is 98.8 Å². The Kier molecular flexibility index (Phi) is 3.11. The van der Waals surface area contributed by atoms with Gasteiger partial charge < -0.3 is 4.74 Å². The van der Waals surface area contributed by atoms with Crippen LogP contribution in [0.4, 0.5) is 0 Å². The zero-order valence-electron chi connectivity index (χ0n) is 8.87. The minimum absolute atomic E-state index is 0.321. The van der Waals surface area contributed by atoms with Gasteiger partial charge in [-0.15, -0.1) is 11.6 Å². The highest BCUT2D eigenvalue weighted by atomic mass is 35.5. The summed E-state index contributed by atoms with van der Waals surface area (Å²) in [6.45, 7) is 0. The molecule has 0 bridgehead atoms. The number of methoxy groups -OCH3 is 1. The molecule has 0 fully saturated rings.